The van der Waals surface area contributed by atoms with Gasteiger partial charge in [-0.05, 0) is 19.9 Å². The van der Waals surface area contributed by atoms with Crippen LogP contribution in [0.15, 0.2) is 18.3 Å². The van der Waals surface area contributed by atoms with Gasteiger partial charge >= 0.3 is 0 Å². The van der Waals surface area contributed by atoms with Crippen LogP contribution in [0.1, 0.15) is 17.0 Å². The molecule has 0 radical (unpaired) electrons. The molecular weight excluding hydrogens is 318 g/mol. The summed E-state index contributed by atoms with van der Waals surface area (Å²) in [6.07, 6.45) is 1.79. The average molecular weight is 345 g/mol. The average Bonchev–Trinajstić information content (AvgIpc) is 2.90. The quantitative estimate of drug-likeness (QED) is 0.849. The summed E-state index contributed by atoms with van der Waals surface area (Å²) in [7, 11) is 1.68. The number of aliphatic hydroxyl groups is 1. The van der Waals surface area contributed by atoms with Crippen molar-refractivity contribution < 1.29 is 9.84 Å². The fourth-order valence-electron chi connectivity index (χ4n) is 3.33. The Kier molecular flexibility index (Phi) is 5.55. The van der Waals surface area contributed by atoms with Crippen molar-refractivity contribution >= 4 is 5.82 Å². The molecule has 1 fully saturated rings. The number of aromatic nitrogens is 3. The molecule has 2 aromatic heterocycles. The highest BCUT2D eigenvalue weighted by atomic mass is 16.5. The summed E-state index contributed by atoms with van der Waals surface area (Å²) < 4.78 is 7.19. The molecule has 1 aliphatic rings. The Labute approximate surface area is 148 Å². The standard InChI is InChI=1S/C18H27N5O2/c1-14-17(15(2)23(20-14)10-11-24)13-21-6-8-22(9-7-21)18-12-16(25-3)4-5-19-18/h4-5,12,24H,6-11,13H2,1-3H3. The molecule has 0 spiro atoms. The third-order valence-electron chi connectivity index (χ3n) is 4.87. The summed E-state index contributed by atoms with van der Waals surface area (Å²) >= 11 is 0. The Bertz CT molecular complexity index is 707. The van der Waals surface area contributed by atoms with Crippen LogP contribution in [0.3, 0.4) is 0 Å². The van der Waals surface area contributed by atoms with Crippen molar-refractivity contribution in [3.8, 4) is 5.75 Å². The molecule has 1 saturated heterocycles. The molecule has 0 amide bonds. The van der Waals surface area contributed by atoms with E-state index in [4.69, 9.17) is 9.84 Å². The zero-order valence-electron chi connectivity index (χ0n) is 15.3. The topological polar surface area (TPSA) is 66.7 Å². The highest BCUT2D eigenvalue weighted by Gasteiger charge is 2.21. The molecule has 7 nitrogen and oxygen atoms in total. The molecule has 1 aliphatic heterocycles. The fraction of sp³-hybridized carbons (Fsp3) is 0.556. The lowest BCUT2D eigenvalue weighted by molar-refractivity contribution is 0.247. The summed E-state index contributed by atoms with van der Waals surface area (Å²) in [4.78, 5) is 9.22. The number of anilines is 1. The normalized spacial score (nSPS) is 15.6. The van der Waals surface area contributed by atoms with Crippen LogP contribution < -0.4 is 9.64 Å². The largest absolute Gasteiger partial charge is 0.497 e. The van der Waals surface area contributed by atoms with Crippen molar-refractivity contribution in [1.82, 2.24) is 19.7 Å². The molecule has 0 unspecified atom stereocenters. The zero-order chi connectivity index (χ0) is 17.8. The minimum atomic E-state index is 0.119. The van der Waals surface area contributed by atoms with Gasteiger partial charge in [0, 0.05) is 56.2 Å². The van der Waals surface area contributed by atoms with Crippen LogP contribution in [0.4, 0.5) is 5.82 Å². The number of rotatable bonds is 6. The van der Waals surface area contributed by atoms with E-state index < -0.39 is 0 Å². The third-order valence-corrected chi connectivity index (χ3v) is 4.87. The van der Waals surface area contributed by atoms with Gasteiger partial charge in [-0.2, -0.15) is 5.10 Å². The molecule has 0 bridgehead atoms. The Balaban J connectivity index is 1.61. The molecule has 25 heavy (non-hydrogen) atoms. The van der Waals surface area contributed by atoms with E-state index in [-0.39, 0.29) is 6.61 Å². The first-order valence-electron chi connectivity index (χ1n) is 8.73. The molecule has 0 aliphatic carbocycles. The molecule has 136 valence electrons. The number of piperazine rings is 1. The predicted molar refractivity (Wildman–Crippen MR) is 97.1 cm³/mol. The Morgan fingerprint density at radius 2 is 1.96 bits per heavy atom. The maximum Gasteiger partial charge on any atom is 0.132 e. The molecule has 3 rings (SSSR count). The van der Waals surface area contributed by atoms with E-state index in [2.05, 4.69) is 26.8 Å². The summed E-state index contributed by atoms with van der Waals surface area (Å²) in [5, 5.41) is 13.7. The van der Waals surface area contributed by atoms with E-state index in [1.807, 2.05) is 23.7 Å². The first-order chi connectivity index (χ1) is 12.1. The SMILES string of the molecule is COc1ccnc(N2CCN(Cc3c(C)nn(CCO)c3C)CC2)c1. The fourth-order valence-corrected chi connectivity index (χ4v) is 3.33. The molecule has 7 heteroatoms. The van der Waals surface area contributed by atoms with E-state index >= 15 is 0 Å². The summed E-state index contributed by atoms with van der Waals surface area (Å²) in [5.41, 5.74) is 3.49. The van der Waals surface area contributed by atoms with E-state index in [9.17, 15) is 0 Å². The van der Waals surface area contributed by atoms with Crippen LogP contribution in [0.5, 0.6) is 5.75 Å². The molecule has 1 N–H and O–H groups in total. The van der Waals surface area contributed by atoms with Gasteiger partial charge in [-0.3, -0.25) is 9.58 Å². The van der Waals surface area contributed by atoms with Gasteiger partial charge in [0.1, 0.15) is 11.6 Å². The molecule has 3 heterocycles. The number of hydrogen-bond donors (Lipinski definition) is 1. The Hall–Kier alpha value is -2.12. The van der Waals surface area contributed by atoms with Crippen molar-refractivity contribution in [1.29, 1.82) is 0 Å². The zero-order valence-corrected chi connectivity index (χ0v) is 15.3. The number of hydrogen-bond acceptors (Lipinski definition) is 6. The van der Waals surface area contributed by atoms with Gasteiger partial charge in [0.25, 0.3) is 0 Å². The maximum atomic E-state index is 9.15. The highest BCUT2D eigenvalue weighted by Crippen LogP contribution is 2.21. The van der Waals surface area contributed by atoms with E-state index in [0.29, 0.717) is 6.54 Å². The second-order valence-electron chi connectivity index (χ2n) is 6.41. The number of methoxy groups -OCH3 is 1. The second-order valence-corrected chi connectivity index (χ2v) is 6.41. The Morgan fingerprint density at radius 1 is 1.20 bits per heavy atom. The van der Waals surface area contributed by atoms with Crippen LogP contribution >= 0.6 is 0 Å². The monoisotopic (exact) mass is 345 g/mol. The second kappa shape index (κ2) is 7.84. The van der Waals surface area contributed by atoms with Crippen LogP contribution in [0.25, 0.3) is 0 Å². The van der Waals surface area contributed by atoms with Gasteiger partial charge in [0.2, 0.25) is 0 Å². The minimum Gasteiger partial charge on any atom is -0.497 e. The summed E-state index contributed by atoms with van der Waals surface area (Å²) in [6.45, 7) is 9.59. The van der Waals surface area contributed by atoms with Gasteiger partial charge < -0.3 is 14.7 Å². The Morgan fingerprint density at radius 3 is 2.64 bits per heavy atom. The van der Waals surface area contributed by atoms with Gasteiger partial charge in [-0.15, -0.1) is 0 Å². The molecule has 0 saturated carbocycles. The van der Waals surface area contributed by atoms with Gasteiger partial charge in [0.05, 0.1) is 26.0 Å². The van der Waals surface area contributed by atoms with Gasteiger partial charge in [-0.1, -0.05) is 0 Å². The smallest absolute Gasteiger partial charge is 0.132 e. The predicted octanol–water partition coefficient (Wildman–Crippen LogP) is 1.22. The van der Waals surface area contributed by atoms with Crippen LogP contribution in [0.2, 0.25) is 0 Å². The van der Waals surface area contributed by atoms with Crippen LogP contribution in [-0.4, -0.2) is 64.7 Å². The van der Waals surface area contributed by atoms with E-state index in [0.717, 1.165) is 55.7 Å². The lowest BCUT2D eigenvalue weighted by atomic mass is 10.1. The van der Waals surface area contributed by atoms with Crippen LogP contribution in [0, 0.1) is 13.8 Å². The van der Waals surface area contributed by atoms with Crippen molar-refractivity contribution in [3.05, 3.63) is 35.3 Å². The molecular formula is C18H27N5O2. The van der Waals surface area contributed by atoms with Crippen molar-refractivity contribution in [2.75, 3.05) is 44.8 Å². The number of ether oxygens (including phenoxy) is 1. The molecule has 0 atom stereocenters. The first kappa shape index (κ1) is 17.7. The maximum absolute atomic E-state index is 9.15. The molecule has 0 aromatic carbocycles. The van der Waals surface area contributed by atoms with E-state index in [1.165, 1.54) is 5.56 Å². The van der Waals surface area contributed by atoms with Gasteiger partial charge in [-0.25, -0.2) is 4.98 Å². The van der Waals surface area contributed by atoms with Gasteiger partial charge in [0.15, 0.2) is 0 Å². The summed E-state index contributed by atoms with van der Waals surface area (Å²) in [6, 6.07) is 3.86. The first-order valence-corrected chi connectivity index (χ1v) is 8.73. The number of pyridine rings is 1. The van der Waals surface area contributed by atoms with Crippen molar-refractivity contribution in [2.45, 2.75) is 26.9 Å². The van der Waals surface area contributed by atoms with E-state index in [1.54, 1.807) is 13.3 Å². The lowest BCUT2D eigenvalue weighted by Gasteiger charge is -2.35. The molecule has 2 aromatic rings. The van der Waals surface area contributed by atoms with Crippen molar-refractivity contribution in [3.63, 3.8) is 0 Å². The number of nitrogens with zero attached hydrogens (tertiary/aromatic N) is 5. The number of aliphatic hydroxyl groups excluding tert-OH is 1. The lowest BCUT2D eigenvalue weighted by Crippen LogP contribution is -2.46. The highest BCUT2D eigenvalue weighted by molar-refractivity contribution is 5.44. The third kappa shape index (κ3) is 3.93. The van der Waals surface area contributed by atoms with Crippen LogP contribution in [-0.2, 0) is 13.1 Å². The number of aryl methyl sites for hydroxylation is 1. The summed E-state index contributed by atoms with van der Waals surface area (Å²) in [5.74, 6) is 1.82. The minimum absolute atomic E-state index is 0.119. The van der Waals surface area contributed by atoms with Crippen molar-refractivity contribution in [2.24, 2.45) is 0 Å².